The first kappa shape index (κ1) is 22.2. The minimum absolute atomic E-state index is 0.143. The molecule has 1 saturated heterocycles. The Hall–Kier alpha value is -4.02. The third-order valence-electron chi connectivity index (χ3n) is 7.30. The van der Waals surface area contributed by atoms with Crippen LogP contribution in [0.1, 0.15) is 27.7 Å². The molecule has 186 valence electrons. The second-order valence-electron chi connectivity index (χ2n) is 9.13. The topological polar surface area (TPSA) is 75.0 Å². The Morgan fingerprint density at radius 2 is 1.84 bits per heavy atom. The summed E-state index contributed by atoms with van der Waals surface area (Å²) in [6.07, 6.45) is 0.801. The van der Waals surface area contributed by atoms with Gasteiger partial charge in [0.1, 0.15) is 6.17 Å². The first-order chi connectivity index (χ1) is 18.0. The summed E-state index contributed by atoms with van der Waals surface area (Å²) in [6, 6.07) is 12.5. The minimum Gasteiger partial charge on any atom is -0.502 e. The molecule has 4 aromatic rings. The van der Waals surface area contributed by atoms with Crippen molar-refractivity contribution in [3.05, 3.63) is 98.8 Å². The van der Waals surface area contributed by atoms with Gasteiger partial charge in [-0.3, -0.25) is 19.3 Å². The number of pyridine rings is 1. The van der Waals surface area contributed by atoms with Crippen molar-refractivity contribution < 1.29 is 23.4 Å². The largest absolute Gasteiger partial charge is 0.502 e. The Morgan fingerprint density at radius 1 is 1.00 bits per heavy atom. The standard InChI is InChI=1S/C27H19F2N3O4S/c28-18-6-5-16-21(22(18)29)17-8-12-37-26(17)15-4-2-1-3-14(15)23(16)32-20-13-36-11-10-30(20)27(35)24-25(34)19(33)7-9-31(24)32/h1-9,12,20,23,34H,10-11,13H2/t20-,23-/m0/s1. The fraction of sp³-hybridized carbons (Fsp3) is 0.185. The lowest BCUT2D eigenvalue weighted by molar-refractivity contribution is -0.0196. The van der Waals surface area contributed by atoms with Gasteiger partial charge in [-0.25, -0.2) is 8.78 Å². The highest BCUT2D eigenvalue weighted by molar-refractivity contribution is 7.14. The number of hydrogen-bond donors (Lipinski definition) is 1. The van der Waals surface area contributed by atoms with Crippen LogP contribution in [0.3, 0.4) is 0 Å². The van der Waals surface area contributed by atoms with Crippen LogP contribution in [-0.4, -0.2) is 46.5 Å². The van der Waals surface area contributed by atoms with Crippen molar-refractivity contribution in [2.45, 2.75) is 12.2 Å². The van der Waals surface area contributed by atoms with Gasteiger partial charge in [-0.05, 0) is 34.2 Å². The molecule has 10 heteroatoms. The Bertz CT molecular complexity index is 1670. The van der Waals surface area contributed by atoms with Gasteiger partial charge in [0.05, 0.1) is 19.3 Å². The van der Waals surface area contributed by atoms with E-state index in [1.807, 2.05) is 34.7 Å². The number of aromatic hydroxyl groups is 1. The zero-order valence-electron chi connectivity index (χ0n) is 19.2. The van der Waals surface area contributed by atoms with Crippen LogP contribution < -0.4 is 10.4 Å². The van der Waals surface area contributed by atoms with Gasteiger partial charge in [0.15, 0.2) is 23.1 Å². The maximum atomic E-state index is 15.6. The maximum Gasteiger partial charge on any atom is 0.278 e. The average molecular weight is 520 g/mol. The predicted octanol–water partition coefficient (Wildman–Crippen LogP) is 4.08. The zero-order valence-corrected chi connectivity index (χ0v) is 20.0. The molecule has 0 unspecified atom stereocenters. The monoisotopic (exact) mass is 519 g/mol. The van der Waals surface area contributed by atoms with Crippen LogP contribution in [0.5, 0.6) is 5.75 Å². The van der Waals surface area contributed by atoms with E-state index in [2.05, 4.69) is 0 Å². The van der Waals surface area contributed by atoms with Crippen LogP contribution >= 0.6 is 11.3 Å². The van der Waals surface area contributed by atoms with Crippen LogP contribution in [0.25, 0.3) is 21.6 Å². The summed E-state index contributed by atoms with van der Waals surface area (Å²) in [5, 5.41) is 14.4. The highest BCUT2D eigenvalue weighted by Crippen LogP contribution is 2.50. The second-order valence-corrected chi connectivity index (χ2v) is 10.1. The van der Waals surface area contributed by atoms with Crippen molar-refractivity contribution in [2.24, 2.45) is 0 Å². The molecule has 1 fully saturated rings. The van der Waals surface area contributed by atoms with Gasteiger partial charge >= 0.3 is 0 Å². The molecule has 1 amide bonds. The average Bonchev–Trinajstić information content (AvgIpc) is 3.35. The molecule has 2 atom stereocenters. The number of nitrogens with zero attached hydrogens (tertiary/aromatic N) is 3. The van der Waals surface area contributed by atoms with E-state index in [-0.39, 0.29) is 24.4 Å². The Labute approximate surface area is 213 Å². The minimum atomic E-state index is -0.959. The van der Waals surface area contributed by atoms with Gasteiger partial charge in [-0.2, -0.15) is 0 Å². The van der Waals surface area contributed by atoms with Crippen LogP contribution in [-0.2, 0) is 4.74 Å². The van der Waals surface area contributed by atoms with Crippen LogP contribution in [0.4, 0.5) is 8.78 Å². The highest BCUT2D eigenvalue weighted by atomic mass is 32.1. The third kappa shape index (κ3) is 2.99. The lowest BCUT2D eigenvalue weighted by Crippen LogP contribution is -2.66. The molecular weight excluding hydrogens is 500 g/mol. The number of carbonyl (C=O) groups is 1. The van der Waals surface area contributed by atoms with E-state index >= 15 is 4.39 Å². The molecular formula is C27H19F2N3O4S. The van der Waals surface area contributed by atoms with Gasteiger partial charge < -0.3 is 14.7 Å². The molecule has 2 aromatic carbocycles. The highest BCUT2D eigenvalue weighted by Gasteiger charge is 2.46. The van der Waals surface area contributed by atoms with E-state index in [9.17, 15) is 19.1 Å². The van der Waals surface area contributed by atoms with E-state index < -0.39 is 40.9 Å². The number of aromatic nitrogens is 1. The number of rotatable bonds is 1. The number of morpholine rings is 1. The molecule has 1 aliphatic carbocycles. The van der Waals surface area contributed by atoms with Crippen molar-refractivity contribution in [3.63, 3.8) is 0 Å². The first-order valence-corrected chi connectivity index (χ1v) is 12.6. The fourth-order valence-corrected chi connectivity index (χ4v) is 6.66. The van der Waals surface area contributed by atoms with Gasteiger partial charge in [-0.15, -0.1) is 11.3 Å². The van der Waals surface area contributed by atoms with Crippen LogP contribution in [0.2, 0.25) is 0 Å². The van der Waals surface area contributed by atoms with Gasteiger partial charge in [0, 0.05) is 34.8 Å². The van der Waals surface area contributed by atoms with Crippen molar-refractivity contribution in [3.8, 4) is 27.3 Å². The molecule has 3 aliphatic rings. The molecule has 0 bridgehead atoms. The second kappa shape index (κ2) is 7.99. The number of thiophene rings is 1. The van der Waals surface area contributed by atoms with Gasteiger partial charge in [0.25, 0.3) is 5.91 Å². The zero-order chi connectivity index (χ0) is 25.4. The Kier molecular flexibility index (Phi) is 4.79. The molecule has 7 nitrogen and oxygen atoms in total. The summed E-state index contributed by atoms with van der Waals surface area (Å²) in [7, 11) is 0. The molecule has 4 heterocycles. The number of amides is 1. The molecule has 0 spiro atoms. The number of carbonyl (C=O) groups excluding carboxylic acids is 1. The van der Waals surface area contributed by atoms with E-state index in [1.165, 1.54) is 28.3 Å². The van der Waals surface area contributed by atoms with Gasteiger partial charge in [-0.1, -0.05) is 30.3 Å². The quantitative estimate of drug-likeness (QED) is 0.410. The number of hydrogen-bond acceptors (Lipinski definition) is 6. The first-order valence-electron chi connectivity index (χ1n) is 11.7. The summed E-state index contributed by atoms with van der Waals surface area (Å²) < 4.78 is 37.5. The van der Waals surface area contributed by atoms with Crippen molar-refractivity contribution in [1.29, 1.82) is 0 Å². The van der Waals surface area contributed by atoms with Crippen LogP contribution in [0, 0.1) is 11.6 Å². The van der Waals surface area contributed by atoms with Crippen molar-refractivity contribution >= 4 is 17.2 Å². The van der Waals surface area contributed by atoms with Crippen molar-refractivity contribution in [2.75, 3.05) is 24.8 Å². The molecule has 1 N–H and O–H groups in total. The maximum absolute atomic E-state index is 15.6. The van der Waals surface area contributed by atoms with E-state index in [1.54, 1.807) is 17.0 Å². The molecule has 7 rings (SSSR count). The van der Waals surface area contributed by atoms with Gasteiger partial charge in [0.2, 0.25) is 5.43 Å². The normalized spacial score (nSPS) is 19.9. The Balaban J connectivity index is 1.59. The van der Waals surface area contributed by atoms with E-state index in [4.69, 9.17) is 4.74 Å². The molecule has 2 aromatic heterocycles. The molecule has 37 heavy (non-hydrogen) atoms. The SMILES string of the molecule is O=C1c2c(O)c(=O)ccn2N([C@H]2c3ccccc3-c3sccc3-c3c2ccc(F)c3F)[C@H]2COCCN12. The smallest absolute Gasteiger partial charge is 0.278 e. The van der Waals surface area contributed by atoms with Crippen molar-refractivity contribution in [1.82, 2.24) is 9.58 Å². The summed E-state index contributed by atoms with van der Waals surface area (Å²) in [6.45, 7) is 0.690. The van der Waals surface area contributed by atoms with Crippen LogP contribution in [0.15, 0.2) is 64.9 Å². The summed E-state index contributed by atoms with van der Waals surface area (Å²) in [5.41, 5.74) is 2.02. The number of halogens is 2. The number of fused-ring (bicyclic) bond motifs is 7. The van der Waals surface area contributed by atoms with E-state index in [0.29, 0.717) is 17.7 Å². The lowest BCUT2D eigenvalue weighted by Gasteiger charge is -2.51. The lowest BCUT2D eigenvalue weighted by atomic mass is 9.92. The van der Waals surface area contributed by atoms with E-state index in [0.717, 1.165) is 22.1 Å². The fourth-order valence-electron chi connectivity index (χ4n) is 5.71. The molecule has 0 radical (unpaired) electrons. The predicted molar refractivity (Wildman–Crippen MR) is 133 cm³/mol. The third-order valence-corrected chi connectivity index (χ3v) is 8.24. The molecule has 2 aliphatic heterocycles. The molecule has 0 saturated carbocycles. The summed E-state index contributed by atoms with van der Waals surface area (Å²) >= 11 is 1.44. The Morgan fingerprint density at radius 3 is 2.70 bits per heavy atom. The summed E-state index contributed by atoms with van der Waals surface area (Å²) in [5.74, 6) is -3.07. The number of benzene rings is 2. The summed E-state index contributed by atoms with van der Waals surface area (Å²) in [4.78, 5) is 28.2. The number of ether oxygens (including phenoxy) is 1.